The molecule has 0 spiro atoms. The second kappa shape index (κ2) is 7.16. The van der Waals surface area contributed by atoms with E-state index in [0.717, 1.165) is 19.0 Å². The number of nitro benzene ring substituents is 1. The van der Waals surface area contributed by atoms with E-state index in [-0.39, 0.29) is 11.7 Å². The highest BCUT2D eigenvalue weighted by atomic mass is 19.1. The second-order valence-electron chi connectivity index (χ2n) is 4.95. The fourth-order valence-electron chi connectivity index (χ4n) is 1.69. The van der Waals surface area contributed by atoms with Crippen LogP contribution in [0.5, 0.6) is 0 Å². The van der Waals surface area contributed by atoms with Crippen molar-refractivity contribution < 1.29 is 9.31 Å². The van der Waals surface area contributed by atoms with Gasteiger partial charge in [-0.1, -0.05) is 0 Å². The molecule has 0 aliphatic heterocycles. The highest BCUT2D eigenvalue weighted by Gasteiger charge is 2.10. The lowest BCUT2D eigenvalue weighted by atomic mass is 10.1. The fraction of sp³-hybridized carbons (Fsp3) is 0.538. The first kappa shape index (κ1) is 15.5. The van der Waals surface area contributed by atoms with Crippen molar-refractivity contribution in [1.82, 2.24) is 10.2 Å². The molecule has 0 saturated carbocycles. The predicted octanol–water partition coefficient (Wildman–Crippen LogP) is 2.16. The summed E-state index contributed by atoms with van der Waals surface area (Å²) in [5, 5.41) is 13.9. The second-order valence-corrected chi connectivity index (χ2v) is 4.95. The minimum absolute atomic E-state index is 0.210. The maximum absolute atomic E-state index is 13.2. The van der Waals surface area contributed by atoms with Crippen molar-refractivity contribution in [1.29, 1.82) is 0 Å². The van der Waals surface area contributed by atoms with Gasteiger partial charge in [-0.2, -0.15) is 0 Å². The molecule has 106 valence electrons. The van der Waals surface area contributed by atoms with Crippen molar-refractivity contribution in [3.8, 4) is 0 Å². The average Bonchev–Trinajstić information content (AvgIpc) is 2.33. The molecule has 0 heterocycles. The number of non-ortho nitro benzene ring substituents is 1. The summed E-state index contributed by atoms with van der Waals surface area (Å²) < 4.78 is 13.2. The van der Waals surface area contributed by atoms with Crippen LogP contribution in [-0.4, -0.2) is 36.5 Å². The molecule has 1 aromatic carbocycles. The van der Waals surface area contributed by atoms with Crippen LogP contribution in [0, 0.1) is 15.9 Å². The van der Waals surface area contributed by atoms with Gasteiger partial charge in [0.05, 0.1) is 11.0 Å². The zero-order valence-electron chi connectivity index (χ0n) is 11.5. The van der Waals surface area contributed by atoms with Gasteiger partial charge in [0.15, 0.2) is 0 Å². The van der Waals surface area contributed by atoms with E-state index in [1.165, 1.54) is 12.1 Å². The van der Waals surface area contributed by atoms with Gasteiger partial charge in [0.2, 0.25) is 0 Å². The minimum Gasteiger partial charge on any atom is -0.310 e. The summed E-state index contributed by atoms with van der Waals surface area (Å²) in [6, 6.07) is 3.91. The zero-order chi connectivity index (χ0) is 14.4. The lowest BCUT2D eigenvalue weighted by Crippen LogP contribution is -2.29. The maximum Gasteiger partial charge on any atom is 0.272 e. The fourth-order valence-corrected chi connectivity index (χ4v) is 1.69. The van der Waals surface area contributed by atoms with Gasteiger partial charge in [-0.15, -0.1) is 0 Å². The first-order chi connectivity index (χ1) is 8.88. The van der Waals surface area contributed by atoms with Crippen LogP contribution in [0.3, 0.4) is 0 Å². The van der Waals surface area contributed by atoms with E-state index in [9.17, 15) is 14.5 Å². The first-order valence-electron chi connectivity index (χ1n) is 6.20. The first-order valence-corrected chi connectivity index (χ1v) is 6.20. The van der Waals surface area contributed by atoms with Gasteiger partial charge in [0.1, 0.15) is 5.82 Å². The molecule has 1 atom stereocenters. The van der Waals surface area contributed by atoms with Crippen LogP contribution in [-0.2, 0) is 6.54 Å². The molecule has 1 N–H and O–H groups in total. The molecule has 0 aliphatic carbocycles. The Morgan fingerprint density at radius 2 is 2.11 bits per heavy atom. The SMILES string of the molecule is CC(CCN(C)C)NCc1cc(F)cc([N+](=O)[O-])c1. The van der Waals surface area contributed by atoms with Crippen molar-refractivity contribution in [2.45, 2.75) is 25.9 Å². The summed E-state index contributed by atoms with van der Waals surface area (Å²) in [6.45, 7) is 3.42. The van der Waals surface area contributed by atoms with E-state index in [4.69, 9.17) is 0 Å². The highest BCUT2D eigenvalue weighted by molar-refractivity contribution is 5.35. The maximum atomic E-state index is 13.2. The summed E-state index contributed by atoms with van der Waals surface area (Å²) in [5.41, 5.74) is 0.376. The van der Waals surface area contributed by atoms with Crippen molar-refractivity contribution in [2.75, 3.05) is 20.6 Å². The van der Waals surface area contributed by atoms with E-state index in [1.807, 2.05) is 21.0 Å². The molecule has 0 aromatic heterocycles. The largest absolute Gasteiger partial charge is 0.310 e. The quantitative estimate of drug-likeness (QED) is 0.609. The van der Waals surface area contributed by atoms with Gasteiger partial charge >= 0.3 is 0 Å². The Hall–Kier alpha value is -1.53. The molecule has 0 amide bonds. The van der Waals surface area contributed by atoms with Gasteiger partial charge in [-0.05, 0) is 45.6 Å². The van der Waals surface area contributed by atoms with Crippen LogP contribution >= 0.6 is 0 Å². The number of rotatable bonds is 7. The van der Waals surface area contributed by atoms with E-state index >= 15 is 0 Å². The van der Waals surface area contributed by atoms with Crippen LogP contribution in [0.15, 0.2) is 18.2 Å². The molecule has 1 aromatic rings. The van der Waals surface area contributed by atoms with Gasteiger partial charge < -0.3 is 10.2 Å². The number of halogens is 1. The zero-order valence-corrected chi connectivity index (χ0v) is 11.5. The third-order valence-corrected chi connectivity index (χ3v) is 2.82. The number of benzene rings is 1. The molecule has 0 aliphatic rings. The number of nitrogens with zero attached hydrogens (tertiary/aromatic N) is 2. The number of hydrogen-bond donors (Lipinski definition) is 1. The molecular formula is C13H20FN3O2. The molecule has 0 bridgehead atoms. The molecule has 1 rings (SSSR count). The van der Waals surface area contributed by atoms with Crippen LogP contribution < -0.4 is 5.32 Å². The predicted molar refractivity (Wildman–Crippen MR) is 72.5 cm³/mol. The molecule has 0 fully saturated rings. The molecule has 0 radical (unpaired) electrons. The Bertz CT molecular complexity index is 438. The van der Waals surface area contributed by atoms with Gasteiger partial charge in [0, 0.05) is 18.7 Å². The van der Waals surface area contributed by atoms with Gasteiger partial charge in [-0.25, -0.2) is 4.39 Å². The van der Waals surface area contributed by atoms with Gasteiger partial charge in [-0.3, -0.25) is 10.1 Å². The molecule has 6 heteroatoms. The molecule has 0 saturated heterocycles. The standard InChI is InChI=1S/C13H20FN3O2/c1-10(4-5-16(2)3)15-9-11-6-12(14)8-13(7-11)17(18)19/h6-8,10,15H,4-5,9H2,1-3H3. The van der Waals surface area contributed by atoms with Crippen LogP contribution in [0.25, 0.3) is 0 Å². The van der Waals surface area contributed by atoms with E-state index in [2.05, 4.69) is 10.2 Å². The van der Waals surface area contributed by atoms with E-state index < -0.39 is 10.7 Å². The Labute approximate surface area is 112 Å². The van der Waals surface area contributed by atoms with Crippen molar-refractivity contribution >= 4 is 5.69 Å². The third-order valence-electron chi connectivity index (χ3n) is 2.82. The van der Waals surface area contributed by atoms with Crippen LogP contribution in [0.1, 0.15) is 18.9 Å². The van der Waals surface area contributed by atoms with E-state index in [1.54, 1.807) is 0 Å². The van der Waals surface area contributed by atoms with E-state index in [0.29, 0.717) is 12.1 Å². The molecule has 19 heavy (non-hydrogen) atoms. The lowest BCUT2D eigenvalue weighted by Gasteiger charge is -2.16. The number of nitrogens with one attached hydrogen (secondary N) is 1. The molecular weight excluding hydrogens is 249 g/mol. The average molecular weight is 269 g/mol. The number of nitro groups is 1. The minimum atomic E-state index is -0.581. The van der Waals surface area contributed by atoms with Crippen molar-refractivity contribution in [3.63, 3.8) is 0 Å². The summed E-state index contributed by atoms with van der Waals surface area (Å²) in [5.74, 6) is -0.577. The lowest BCUT2D eigenvalue weighted by molar-refractivity contribution is -0.385. The van der Waals surface area contributed by atoms with Crippen molar-refractivity contribution in [3.05, 3.63) is 39.7 Å². The molecule has 1 unspecified atom stereocenters. The Morgan fingerprint density at radius 1 is 1.42 bits per heavy atom. The monoisotopic (exact) mass is 269 g/mol. The Kier molecular flexibility index (Phi) is 5.85. The summed E-state index contributed by atoms with van der Waals surface area (Å²) in [7, 11) is 4.01. The van der Waals surface area contributed by atoms with Crippen LogP contribution in [0.4, 0.5) is 10.1 Å². The smallest absolute Gasteiger partial charge is 0.272 e. The summed E-state index contributed by atoms with van der Waals surface area (Å²) >= 11 is 0. The third kappa shape index (κ3) is 5.76. The van der Waals surface area contributed by atoms with Crippen molar-refractivity contribution in [2.24, 2.45) is 0 Å². The Balaban J connectivity index is 2.55. The topological polar surface area (TPSA) is 58.4 Å². The molecule has 5 nitrogen and oxygen atoms in total. The Morgan fingerprint density at radius 3 is 2.68 bits per heavy atom. The number of hydrogen-bond acceptors (Lipinski definition) is 4. The van der Waals surface area contributed by atoms with Crippen LogP contribution in [0.2, 0.25) is 0 Å². The highest BCUT2D eigenvalue weighted by Crippen LogP contribution is 2.16. The summed E-state index contributed by atoms with van der Waals surface area (Å²) in [4.78, 5) is 12.1. The normalized spacial score (nSPS) is 12.7. The van der Waals surface area contributed by atoms with Gasteiger partial charge in [0.25, 0.3) is 5.69 Å². The summed E-state index contributed by atoms with van der Waals surface area (Å²) in [6.07, 6.45) is 0.963.